The molecule has 0 aliphatic carbocycles. The predicted octanol–water partition coefficient (Wildman–Crippen LogP) is 1.89. The molecule has 0 saturated carbocycles. The van der Waals surface area contributed by atoms with E-state index in [9.17, 15) is 9.18 Å². The molecule has 0 aromatic heterocycles. The zero-order valence-electron chi connectivity index (χ0n) is 6.50. The second kappa shape index (κ2) is 4.09. The molecule has 0 aliphatic heterocycles. The van der Waals surface area contributed by atoms with Crippen molar-refractivity contribution in [2.75, 3.05) is 5.32 Å². The van der Waals surface area contributed by atoms with Gasteiger partial charge in [-0.1, -0.05) is 17.7 Å². The normalized spacial score (nSPS) is 12.2. The third kappa shape index (κ3) is 2.91. The first-order chi connectivity index (χ1) is 6.09. The van der Waals surface area contributed by atoms with Gasteiger partial charge in [-0.3, -0.25) is 0 Å². The van der Waals surface area contributed by atoms with Crippen LogP contribution >= 0.6 is 11.6 Å². The molecule has 0 spiro atoms. The van der Waals surface area contributed by atoms with Crippen molar-refractivity contribution in [2.24, 2.45) is 0 Å². The summed E-state index contributed by atoms with van der Waals surface area (Å²) in [6.45, 7) is 0. The highest BCUT2D eigenvalue weighted by Crippen LogP contribution is 2.11. The maximum atomic E-state index is 12.6. The summed E-state index contributed by atoms with van der Waals surface area (Å²) in [5.74, 6) is -1.65. The van der Waals surface area contributed by atoms with E-state index in [1.807, 2.05) is 0 Å². The molecule has 0 fully saturated rings. The quantitative estimate of drug-likeness (QED) is 0.583. The van der Waals surface area contributed by atoms with Gasteiger partial charge in [0.1, 0.15) is 5.82 Å². The van der Waals surface area contributed by atoms with Crippen LogP contribution in [-0.4, -0.2) is 16.6 Å². The minimum absolute atomic E-state index is 0.336. The second-order valence-corrected chi connectivity index (χ2v) is 2.79. The number of nitrogens with one attached hydrogen (secondary N) is 1. The number of anilines is 1. The number of aliphatic carboxylic acids is 1. The van der Waals surface area contributed by atoms with E-state index in [0.29, 0.717) is 5.69 Å². The second-order valence-electron chi connectivity index (χ2n) is 2.36. The van der Waals surface area contributed by atoms with Crippen LogP contribution in [0.25, 0.3) is 0 Å². The van der Waals surface area contributed by atoms with Gasteiger partial charge in [-0.2, -0.15) is 0 Å². The van der Waals surface area contributed by atoms with Gasteiger partial charge in [-0.15, -0.1) is 0 Å². The van der Waals surface area contributed by atoms with Crippen LogP contribution in [0, 0.1) is 5.82 Å². The summed E-state index contributed by atoms with van der Waals surface area (Å²) in [4.78, 5) is 10.3. The fourth-order valence-corrected chi connectivity index (χ4v) is 0.912. The molecule has 70 valence electrons. The van der Waals surface area contributed by atoms with Crippen LogP contribution in [0.3, 0.4) is 0 Å². The van der Waals surface area contributed by atoms with Crippen molar-refractivity contribution in [2.45, 2.75) is 5.50 Å². The smallest absolute Gasteiger partial charge is 0.341 e. The largest absolute Gasteiger partial charge is 0.479 e. The molecule has 13 heavy (non-hydrogen) atoms. The monoisotopic (exact) mass is 203 g/mol. The van der Waals surface area contributed by atoms with E-state index in [0.717, 1.165) is 0 Å². The first-order valence-corrected chi connectivity index (χ1v) is 3.92. The van der Waals surface area contributed by atoms with E-state index in [2.05, 4.69) is 5.32 Å². The number of carboxylic acids is 1. The molecule has 1 rings (SSSR count). The molecular formula is C8H7ClFNO2. The Hall–Kier alpha value is -1.29. The topological polar surface area (TPSA) is 49.3 Å². The van der Waals surface area contributed by atoms with Crippen molar-refractivity contribution in [3.8, 4) is 0 Å². The molecule has 1 unspecified atom stereocenters. The molecule has 0 heterocycles. The molecule has 1 aromatic rings. The lowest BCUT2D eigenvalue weighted by atomic mass is 10.3. The maximum absolute atomic E-state index is 12.6. The number of hydrogen-bond donors (Lipinski definition) is 2. The number of rotatable bonds is 3. The van der Waals surface area contributed by atoms with Crippen molar-refractivity contribution in [3.63, 3.8) is 0 Å². The molecule has 0 radical (unpaired) electrons. The summed E-state index contributed by atoms with van der Waals surface area (Å²) < 4.78 is 12.6. The molecule has 0 amide bonds. The summed E-state index contributed by atoms with van der Waals surface area (Å²) >= 11 is 5.37. The summed E-state index contributed by atoms with van der Waals surface area (Å²) in [5, 5.41) is 10.8. The predicted molar refractivity (Wildman–Crippen MR) is 47.3 cm³/mol. The summed E-state index contributed by atoms with van der Waals surface area (Å²) in [6.07, 6.45) is 0. The minimum Gasteiger partial charge on any atom is -0.479 e. The average molecular weight is 204 g/mol. The van der Waals surface area contributed by atoms with E-state index in [-0.39, 0.29) is 0 Å². The van der Waals surface area contributed by atoms with Gasteiger partial charge in [0, 0.05) is 5.69 Å². The lowest BCUT2D eigenvalue weighted by molar-refractivity contribution is -0.136. The van der Waals surface area contributed by atoms with Gasteiger partial charge in [0.2, 0.25) is 0 Å². The third-order valence-electron chi connectivity index (χ3n) is 1.33. The number of carbonyl (C=O) groups is 1. The summed E-state index contributed by atoms with van der Waals surface area (Å²) in [6, 6.07) is 5.41. The van der Waals surface area contributed by atoms with Gasteiger partial charge < -0.3 is 10.4 Å². The molecular weight excluding hydrogens is 197 g/mol. The van der Waals surface area contributed by atoms with Gasteiger partial charge in [0.25, 0.3) is 0 Å². The standard InChI is InChI=1S/C8H7ClFNO2/c9-7(8(12)13)11-6-3-1-2-5(10)4-6/h1-4,7,11H,(H,12,13). The van der Waals surface area contributed by atoms with E-state index >= 15 is 0 Å². The third-order valence-corrected chi connectivity index (χ3v) is 1.63. The Morgan fingerprint density at radius 2 is 2.31 bits per heavy atom. The Morgan fingerprint density at radius 3 is 2.85 bits per heavy atom. The molecule has 5 heteroatoms. The molecule has 0 aliphatic rings. The van der Waals surface area contributed by atoms with Gasteiger partial charge >= 0.3 is 5.97 Å². The van der Waals surface area contributed by atoms with Crippen molar-refractivity contribution in [3.05, 3.63) is 30.1 Å². The number of halogens is 2. The number of benzene rings is 1. The van der Waals surface area contributed by atoms with Crippen LogP contribution in [0.15, 0.2) is 24.3 Å². The van der Waals surface area contributed by atoms with Crippen molar-refractivity contribution in [1.29, 1.82) is 0 Å². The highest BCUT2D eigenvalue weighted by molar-refractivity contribution is 6.30. The van der Waals surface area contributed by atoms with E-state index in [1.54, 1.807) is 0 Å². The van der Waals surface area contributed by atoms with E-state index in [4.69, 9.17) is 16.7 Å². The Morgan fingerprint density at radius 1 is 1.62 bits per heavy atom. The van der Waals surface area contributed by atoms with Gasteiger partial charge in [0.05, 0.1) is 0 Å². The lowest BCUT2D eigenvalue weighted by Gasteiger charge is -2.08. The van der Waals surface area contributed by atoms with E-state index in [1.165, 1.54) is 24.3 Å². The Balaban J connectivity index is 2.69. The Bertz CT molecular complexity index is 319. The molecule has 1 aromatic carbocycles. The fraction of sp³-hybridized carbons (Fsp3) is 0.125. The highest BCUT2D eigenvalue weighted by Gasteiger charge is 2.12. The van der Waals surface area contributed by atoms with Crippen LogP contribution in [0.4, 0.5) is 10.1 Å². The number of carboxylic acid groups (broad SMARTS) is 1. The SMILES string of the molecule is O=C(O)C(Cl)Nc1cccc(F)c1. The maximum Gasteiger partial charge on any atom is 0.341 e. The van der Waals surface area contributed by atoms with Crippen molar-refractivity contribution < 1.29 is 14.3 Å². The summed E-state index contributed by atoms with van der Waals surface area (Å²) in [7, 11) is 0. The van der Waals surface area contributed by atoms with Crippen molar-refractivity contribution in [1.82, 2.24) is 0 Å². The fourth-order valence-electron chi connectivity index (χ4n) is 0.786. The van der Waals surface area contributed by atoms with E-state index < -0.39 is 17.3 Å². The Kier molecular flexibility index (Phi) is 3.08. The average Bonchev–Trinajstić information content (AvgIpc) is 2.04. The first kappa shape index (κ1) is 9.80. The number of hydrogen-bond acceptors (Lipinski definition) is 2. The Labute approximate surface area is 79.1 Å². The zero-order valence-corrected chi connectivity index (χ0v) is 7.25. The molecule has 0 saturated heterocycles. The van der Waals surface area contributed by atoms with Gasteiger partial charge in [-0.05, 0) is 18.2 Å². The van der Waals surface area contributed by atoms with Crippen LogP contribution in [-0.2, 0) is 4.79 Å². The lowest BCUT2D eigenvalue weighted by Crippen LogP contribution is -2.22. The molecule has 2 N–H and O–H groups in total. The van der Waals surface area contributed by atoms with Crippen LogP contribution < -0.4 is 5.32 Å². The highest BCUT2D eigenvalue weighted by atomic mass is 35.5. The number of alkyl halides is 1. The van der Waals surface area contributed by atoms with Crippen LogP contribution in [0.2, 0.25) is 0 Å². The van der Waals surface area contributed by atoms with Crippen LogP contribution in [0.5, 0.6) is 0 Å². The zero-order chi connectivity index (χ0) is 9.84. The van der Waals surface area contributed by atoms with Gasteiger partial charge in [0.15, 0.2) is 5.50 Å². The minimum atomic E-state index is -1.25. The summed E-state index contributed by atoms with van der Waals surface area (Å²) in [5.41, 5.74) is -0.913. The molecule has 0 bridgehead atoms. The van der Waals surface area contributed by atoms with Gasteiger partial charge in [-0.25, -0.2) is 9.18 Å². The molecule has 3 nitrogen and oxygen atoms in total. The molecule has 1 atom stereocenters. The first-order valence-electron chi connectivity index (χ1n) is 3.48. The van der Waals surface area contributed by atoms with Crippen LogP contribution in [0.1, 0.15) is 0 Å². The van der Waals surface area contributed by atoms with Crippen molar-refractivity contribution >= 4 is 23.3 Å².